The number of ketones is 1. The highest BCUT2D eigenvalue weighted by Crippen LogP contribution is 2.32. The van der Waals surface area contributed by atoms with Gasteiger partial charge < -0.3 is 9.53 Å². The average Bonchev–Trinajstić information content (AvgIpc) is 2.69. The Morgan fingerprint density at radius 2 is 1.78 bits per heavy atom. The van der Waals surface area contributed by atoms with E-state index in [-0.39, 0.29) is 12.1 Å². The molecule has 104 valence electrons. The molecule has 2 atom stereocenters. The van der Waals surface area contributed by atoms with Gasteiger partial charge in [-0.05, 0) is 44.9 Å². The van der Waals surface area contributed by atoms with E-state index in [1.807, 2.05) is 0 Å². The number of hydrogen-bond donors (Lipinski definition) is 0. The molecule has 0 aromatic heterocycles. The monoisotopic (exact) mass is 254 g/mol. The summed E-state index contributed by atoms with van der Waals surface area (Å²) in [6, 6.07) is 0. The van der Waals surface area contributed by atoms with Crippen molar-refractivity contribution in [1.82, 2.24) is 0 Å². The maximum atomic E-state index is 11.0. The molecule has 2 unspecified atom stereocenters. The molecule has 0 N–H and O–H groups in total. The van der Waals surface area contributed by atoms with Crippen LogP contribution in [0.25, 0.3) is 0 Å². The minimum atomic E-state index is -0.145. The third kappa shape index (κ3) is 6.18. The zero-order valence-corrected chi connectivity index (χ0v) is 11.7. The summed E-state index contributed by atoms with van der Waals surface area (Å²) < 4.78 is 5.35. The Kier molecular flexibility index (Phi) is 6.99. The van der Waals surface area contributed by atoms with E-state index < -0.39 is 0 Å². The Morgan fingerprint density at radius 1 is 1.06 bits per heavy atom. The third-order valence-corrected chi connectivity index (χ3v) is 3.76. The van der Waals surface area contributed by atoms with E-state index in [2.05, 4.69) is 0 Å². The highest BCUT2D eigenvalue weighted by molar-refractivity contribution is 5.75. The largest absolute Gasteiger partial charge is 0.462 e. The second kappa shape index (κ2) is 8.28. The van der Waals surface area contributed by atoms with E-state index in [1.54, 1.807) is 6.92 Å². The predicted octanol–water partition coefficient (Wildman–Crippen LogP) is 3.65. The van der Waals surface area contributed by atoms with Crippen LogP contribution in [0, 0.1) is 5.92 Å². The molecule has 3 nitrogen and oxygen atoms in total. The molecule has 0 aromatic carbocycles. The van der Waals surface area contributed by atoms with E-state index >= 15 is 0 Å². The van der Waals surface area contributed by atoms with Gasteiger partial charge >= 0.3 is 5.97 Å². The van der Waals surface area contributed by atoms with Crippen LogP contribution in [0.3, 0.4) is 0 Å². The lowest BCUT2D eigenvalue weighted by Crippen LogP contribution is -2.20. The quantitative estimate of drug-likeness (QED) is 0.490. The van der Waals surface area contributed by atoms with Crippen LogP contribution in [0.1, 0.15) is 71.6 Å². The Labute approximate surface area is 110 Å². The fourth-order valence-electron chi connectivity index (χ4n) is 2.84. The highest BCUT2D eigenvalue weighted by Gasteiger charge is 2.28. The van der Waals surface area contributed by atoms with Crippen molar-refractivity contribution in [3.63, 3.8) is 0 Å². The van der Waals surface area contributed by atoms with Crippen molar-refractivity contribution in [2.45, 2.75) is 77.7 Å². The van der Waals surface area contributed by atoms with Crippen LogP contribution in [-0.2, 0) is 14.3 Å². The molecule has 0 saturated heterocycles. The van der Waals surface area contributed by atoms with E-state index in [9.17, 15) is 9.59 Å². The SMILES string of the molecule is CC(=O)CCCCCCC1CCCC1OC(C)=O. The van der Waals surface area contributed by atoms with Gasteiger partial charge in [-0.1, -0.05) is 19.3 Å². The summed E-state index contributed by atoms with van der Waals surface area (Å²) in [5.74, 6) is 0.718. The molecule has 0 heterocycles. The molecule has 1 saturated carbocycles. The Balaban J connectivity index is 2.07. The van der Waals surface area contributed by atoms with Crippen molar-refractivity contribution in [2.75, 3.05) is 0 Å². The summed E-state index contributed by atoms with van der Waals surface area (Å²) in [5.41, 5.74) is 0. The van der Waals surface area contributed by atoms with Gasteiger partial charge in [0.15, 0.2) is 0 Å². The summed E-state index contributed by atoms with van der Waals surface area (Å²) in [5, 5.41) is 0. The first kappa shape index (κ1) is 15.2. The van der Waals surface area contributed by atoms with Gasteiger partial charge in [0.2, 0.25) is 0 Å². The van der Waals surface area contributed by atoms with E-state index in [1.165, 1.54) is 32.6 Å². The lowest BCUT2D eigenvalue weighted by atomic mass is 9.97. The molecule has 0 radical (unpaired) electrons. The van der Waals surface area contributed by atoms with Gasteiger partial charge in [-0.15, -0.1) is 0 Å². The number of carbonyl (C=O) groups is 2. The van der Waals surface area contributed by atoms with Gasteiger partial charge in [-0.3, -0.25) is 4.79 Å². The van der Waals surface area contributed by atoms with Gasteiger partial charge in [0.25, 0.3) is 0 Å². The van der Waals surface area contributed by atoms with Crippen molar-refractivity contribution in [3.8, 4) is 0 Å². The van der Waals surface area contributed by atoms with E-state index in [4.69, 9.17) is 4.74 Å². The molecule has 1 rings (SSSR count). The van der Waals surface area contributed by atoms with Gasteiger partial charge in [0, 0.05) is 13.3 Å². The lowest BCUT2D eigenvalue weighted by molar-refractivity contribution is -0.148. The average molecular weight is 254 g/mol. The van der Waals surface area contributed by atoms with Gasteiger partial charge in [0.05, 0.1) is 0 Å². The first-order valence-corrected chi connectivity index (χ1v) is 7.26. The van der Waals surface area contributed by atoms with Gasteiger partial charge in [0.1, 0.15) is 11.9 Å². The second-order valence-corrected chi connectivity index (χ2v) is 5.49. The maximum Gasteiger partial charge on any atom is 0.302 e. The third-order valence-electron chi connectivity index (χ3n) is 3.76. The Bertz CT molecular complexity index is 273. The van der Waals surface area contributed by atoms with Crippen LogP contribution < -0.4 is 0 Å². The standard InChI is InChI=1S/C15H26O3/c1-12(16)8-5-3-4-6-9-14-10-7-11-15(14)18-13(2)17/h14-15H,3-11H2,1-2H3. The molecule has 1 fully saturated rings. The van der Waals surface area contributed by atoms with Crippen LogP contribution in [0.15, 0.2) is 0 Å². The fourth-order valence-corrected chi connectivity index (χ4v) is 2.84. The van der Waals surface area contributed by atoms with Crippen molar-refractivity contribution in [3.05, 3.63) is 0 Å². The summed E-state index contributed by atoms with van der Waals surface area (Å²) in [7, 11) is 0. The molecule has 0 spiro atoms. The van der Waals surface area contributed by atoms with Crippen molar-refractivity contribution in [1.29, 1.82) is 0 Å². The van der Waals surface area contributed by atoms with Crippen molar-refractivity contribution in [2.24, 2.45) is 5.92 Å². The summed E-state index contributed by atoms with van der Waals surface area (Å²) in [6.07, 6.45) is 10.0. The molecule has 18 heavy (non-hydrogen) atoms. The first-order valence-electron chi connectivity index (χ1n) is 7.26. The smallest absolute Gasteiger partial charge is 0.302 e. The lowest BCUT2D eigenvalue weighted by Gasteiger charge is -2.19. The molecule has 0 amide bonds. The van der Waals surface area contributed by atoms with Gasteiger partial charge in [-0.2, -0.15) is 0 Å². The number of hydrogen-bond acceptors (Lipinski definition) is 3. The number of rotatable bonds is 8. The second-order valence-electron chi connectivity index (χ2n) is 5.49. The molecule has 0 aromatic rings. The van der Waals surface area contributed by atoms with Crippen LogP contribution in [0.2, 0.25) is 0 Å². The van der Waals surface area contributed by atoms with Gasteiger partial charge in [-0.25, -0.2) is 0 Å². The van der Waals surface area contributed by atoms with Crippen molar-refractivity contribution < 1.29 is 14.3 Å². The van der Waals surface area contributed by atoms with Crippen LogP contribution in [-0.4, -0.2) is 17.9 Å². The minimum absolute atomic E-state index is 0.145. The van der Waals surface area contributed by atoms with Crippen LogP contribution in [0.5, 0.6) is 0 Å². The summed E-state index contributed by atoms with van der Waals surface area (Å²) in [6.45, 7) is 3.15. The maximum absolute atomic E-state index is 11.0. The first-order chi connectivity index (χ1) is 8.59. The molecule has 1 aliphatic rings. The Hall–Kier alpha value is -0.860. The number of unbranched alkanes of at least 4 members (excludes halogenated alkanes) is 3. The number of carbonyl (C=O) groups excluding carboxylic acids is 2. The van der Waals surface area contributed by atoms with Crippen LogP contribution in [0.4, 0.5) is 0 Å². The fraction of sp³-hybridized carbons (Fsp3) is 0.867. The summed E-state index contributed by atoms with van der Waals surface area (Å²) >= 11 is 0. The number of Topliss-reactive ketones (excluding diaryl/α,β-unsaturated/α-hetero) is 1. The molecule has 0 aliphatic heterocycles. The van der Waals surface area contributed by atoms with E-state index in [0.717, 1.165) is 32.1 Å². The molecule has 1 aliphatic carbocycles. The molecule has 0 bridgehead atoms. The van der Waals surface area contributed by atoms with Crippen LogP contribution >= 0.6 is 0 Å². The number of ether oxygens (including phenoxy) is 1. The predicted molar refractivity (Wildman–Crippen MR) is 71.3 cm³/mol. The van der Waals surface area contributed by atoms with E-state index in [0.29, 0.717) is 11.7 Å². The zero-order valence-electron chi connectivity index (χ0n) is 11.7. The highest BCUT2D eigenvalue weighted by atomic mass is 16.5. The minimum Gasteiger partial charge on any atom is -0.462 e. The van der Waals surface area contributed by atoms with Crippen molar-refractivity contribution >= 4 is 11.8 Å². The topological polar surface area (TPSA) is 43.4 Å². The molecule has 3 heteroatoms. The zero-order chi connectivity index (χ0) is 13.4. The summed E-state index contributed by atoms with van der Waals surface area (Å²) in [4.78, 5) is 21.8. The molecular formula is C15H26O3. The normalized spacial score (nSPS) is 23.0. The number of esters is 1. The molecular weight excluding hydrogens is 228 g/mol. The Morgan fingerprint density at radius 3 is 2.44 bits per heavy atom.